The Bertz CT molecular complexity index is 1400. The second-order valence-electron chi connectivity index (χ2n) is 8.57. The molecule has 0 bridgehead atoms. The summed E-state index contributed by atoms with van der Waals surface area (Å²) in [5.74, 6) is -0.290. The van der Waals surface area contributed by atoms with Crippen LogP contribution in [0.3, 0.4) is 0 Å². The Morgan fingerprint density at radius 3 is 2.68 bits per heavy atom. The molecule has 0 saturated carbocycles. The highest BCUT2D eigenvalue weighted by Gasteiger charge is 2.27. The van der Waals surface area contributed by atoms with Crippen LogP contribution in [0.4, 0.5) is 5.69 Å². The number of nitrogens with zero attached hydrogens (tertiary/aromatic N) is 4. The number of amides is 2. The molecule has 1 fully saturated rings. The van der Waals surface area contributed by atoms with Crippen molar-refractivity contribution in [1.82, 2.24) is 19.5 Å². The van der Waals surface area contributed by atoms with E-state index in [1.165, 1.54) is 0 Å². The molecule has 1 saturated heterocycles. The van der Waals surface area contributed by atoms with Crippen LogP contribution in [0.5, 0.6) is 0 Å². The number of aryl methyl sites for hydroxylation is 3. The van der Waals surface area contributed by atoms with Gasteiger partial charge in [0.25, 0.3) is 5.91 Å². The molecule has 9 heteroatoms. The third-order valence-electron chi connectivity index (χ3n) is 6.24. The first-order chi connectivity index (χ1) is 16.4. The molecule has 0 aliphatic carbocycles. The van der Waals surface area contributed by atoms with Crippen molar-refractivity contribution >= 4 is 34.1 Å². The van der Waals surface area contributed by atoms with Crippen molar-refractivity contribution in [3.8, 4) is 0 Å². The highest BCUT2D eigenvalue weighted by molar-refractivity contribution is 6.10. The molecule has 0 spiro atoms. The zero-order chi connectivity index (χ0) is 23.8. The number of nitrogens with one attached hydrogen (secondary N) is 1. The van der Waals surface area contributed by atoms with Gasteiger partial charge >= 0.3 is 0 Å². The van der Waals surface area contributed by atoms with E-state index in [1.807, 2.05) is 49.6 Å². The van der Waals surface area contributed by atoms with Crippen LogP contribution in [0.1, 0.15) is 39.6 Å². The molecule has 176 valence electrons. The SMILES string of the molecule is Cc1cc2nc(C)c(CCC(=O)Nc3c(C(=O)N4CCOCC4)oc4ccccc34)c(C)n2n1. The van der Waals surface area contributed by atoms with Gasteiger partial charge in [0.15, 0.2) is 5.65 Å². The number of fused-ring (bicyclic) bond motifs is 2. The summed E-state index contributed by atoms with van der Waals surface area (Å²) in [4.78, 5) is 32.5. The number of morpholine rings is 1. The van der Waals surface area contributed by atoms with E-state index in [0.717, 1.165) is 28.3 Å². The molecule has 4 heterocycles. The third kappa shape index (κ3) is 4.03. The van der Waals surface area contributed by atoms with Crippen molar-refractivity contribution in [2.24, 2.45) is 0 Å². The monoisotopic (exact) mass is 461 g/mol. The molecular formula is C25H27N5O4. The molecule has 1 aliphatic rings. The van der Waals surface area contributed by atoms with E-state index in [-0.39, 0.29) is 24.0 Å². The van der Waals surface area contributed by atoms with Crippen LogP contribution in [-0.2, 0) is 16.0 Å². The quantitative estimate of drug-likeness (QED) is 0.489. The lowest BCUT2D eigenvalue weighted by Gasteiger charge is -2.26. The summed E-state index contributed by atoms with van der Waals surface area (Å²) in [7, 11) is 0. The Kier molecular flexibility index (Phi) is 5.79. The van der Waals surface area contributed by atoms with Gasteiger partial charge in [0.05, 0.1) is 18.9 Å². The highest BCUT2D eigenvalue weighted by Crippen LogP contribution is 2.32. The number of ether oxygens (including phenoxy) is 1. The van der Waals surface area contributed by atoms with E-state index in [9.17, 15) is 9.59 Å². The number of hydrogen-bond donors (Lipinski definition) is 1. The number of anilines is 1. The molecule has 1 N–H and O–H groups in total. The number of furan rings is 1. The van der Waals surface area contributed by atoms with E-state index >= 15 is 0 Å². The van der Waals surface area contributed by atoms with E-state index in [2.05, 4.69) is 15.4 Å². The second kappa shape index (κ2) is 8.90. The van der Waals surface area contributed by atoms with Gasteiger partial charge in [-0.05, 0) is 44.9 Å². The Morgan fingerprint density at radius 1 is 1.12 bits per heavy atom. The molecule has 1 aliphatic heterocycles. The van der Waals surface area contributed by atoms with E-state index in [1.54, 1.807) is 11.0 Å². The number of carbonyl (C=O) groups is 2. The molecule has 4 aromatic rings. The predicted molar refractivity (Wildman–Crippen MR) is 127 cm³/mol. The largest absolute Gasteiger partial charge is 0.449 e. The number of benzene rings is 1. The Balaban J connectivity index is 1.38. The minimum Gasteiger partial charge on any atom is -0.449 e. The van der Waals surface area contributed by atoms with E-state index in [0.29, 0.717) is 49.4 Å². The number of hydrogen-bond acceptors (Lipinski definition) is 6. The maximum atomic E-state index is 13.2. The average molecular weight is 462 g/mol. The van der Waals surface area contributed by atoms with E-state index < -0.39 is 0 Å². The highest BCUT2D eigenvalue weighted by atomic mass is 16.5. The summed E-state index contributed by atoms with van der Waals surface area (Å²) in [5, 5.41) is 8.16. The minimum atomic E-state index is -0.245. The molecule has 0 radical (unpaired) electrons. The summed E-state index contributed by atoms with van der Waals surface area (Å²) in [6, 6.07) is 9.27. The number of para-hydroxylation sites is 1. The van der Waals surface area contributed by atoms with Gasteiger partial charge in [-0.1, -0.05) is 12.1 Å². The van der Waals surface area contributed by atoms with Crippen LogP contribution in [-0.4, -0.2) is 57.6 Å². The zero-order valence-corrected chi connectivity index (χ0v) is 19.6. The van der Waals surface area contributed by atoms with E-state index in [4.69, 9.17) is 9.15 Å². The fraction of sp³-hybridized carbons (Fsp3) is 0.360. The van der Waals surface area contributed by atoms with Gasteiger partial charge in [-0.2, -0.15) is 5.10 Å². The number of carbonyl (C=O) groups excluding carboxylic acids is 2. The Morgan fingerprint density at radius 2 is 1.88 bits per heavy atom. The maximum Gasteiger partial charge on any atom is 0.291 e. The van der Waals surface area contributed by atoms with Crippen LogP contribution in [0.15, 0.2) is 34.7 Å². The minimum absolute atomic E-state index is 0.152. The van der Waals surface area contributed by atoms with Crippen molar-refractivity contribution < 1.29 is 18.7 Å². The molecular weight excluding hydrogens is 434 g/mol. The maximum absolute atomic E-state index is 13.2. The smallest absolute Gasteiger partial charge is 0.291 e. The molecule has 0 atom stereocenters. The molecule has 0 unspecified atom stereocenters. The molecule has 5 rings (SSSR count). The molecule has 1 aromatic carbocycles. The topological polar surface area (TPSA) is 102 Å². The van der Waals surface area contributed by atoms with Gasteiger partial charge in [0, 0.05) is 42.4 Å². The summed E-state index contributed by atoms with van der Waals surface area (Å²) < 4.78 is 13.1. The molecule has 3 aromatic heterocycles. The van der Waals surface area contributed by atoms with Gasteiger partial charge in [-0.25, -0.2) is 9.50 Å². The van der Waals surface area contributed by atoms with Crippen molar-refractivity contribution in [3.05, 3.63) is 58.7 Å². The van der Waals surface area contributed by atoms with Crippen LogP contribution in [0.25, 0.3) is 16.6 Å². The van der Waals surface area contributed by atoms with Crippen LogP contribution >= 0.6 is 0 Å². The van der Waals surface area contributed by atoms with Crippen LogP contribution < -0.4 is 5.32 Å². The van der Waals surface area contributed by atoms with Crippen molar-refractivity contribution in [3.63, 3.8) is 0 Å². The lowest BCUT2D eigenvalue weighted by Crippen LogP contribution is -2.40. The zero-order valence-electron chi connectivity index (χ0n) is 19.6. The molecule has 34 heavy (non-hydrogen) atoms. The number of rotatable bonds is 5. The van der Waals surface area contributed by atoms with Crippen LogP contribution in [0, 0.1) is 20.8 Å². The molecule has 9 nitrogen and oxygen atoms in total. The lowest BCUT2D eigenvalue weighted by molar-refractivity contribution is -0.116. The molecule has 2 amide bonds. The normalized spacial score (nSPS) is 14.1. The van der Waals surface area contributed by atoms with Gasteiger partial charge < -0.3 is 19.4 Å². The second-order valence-corrected chi connectivity index (χ2v) is 8.57. The van der Waals surface area contributed by atoms with Gasteiger partial charge in [-0.15, -0.1) is 0 Å². The third-order valence-corrected chi connectivity index (χ3v) is 6.24. The average Bonchev–Trinajstić information content (AvgIpc) is 3.39. The van der Waals surface area contributed by atoms with Crippen molar-refractivity contribution in [2.45, 2.75) is 33.6 Å². The van der Waals surface area contributed by atoms with Crippen molar-refractivity contribution in [1.29, 1.82) is 0 Å². The summed E-state index contributed by atoms with van der Waals surface area (Å²) in [6.07, 6.45) is 0.744. The standard InChI is InChI=1S/C25H27N5O4/c1-15-14-21-26-16(2)18(17(3)30(21)28-15)8-9-22(31)27-23-19-6-4-5-7-20(19)34-24(23)25(32)29-10-12-33-13-11-29/h4-7,14H,8-13H2,1-3H3,(H,27,31). The van der Waals surface area contributed by atoms with Gasteiger partial charge in [0.2, 0.25) is 11.7 Å². The Labute approximate surface area is 196 Å². The first kappa shape index (κ1) is 22.1. The number of aromatic nitrogens is 3. The first-order valence-electron chi connectivity index (χ1n) is 11.4. The first-order valence-corrected chi connectivity index (χ1v) is 11.4. The fourth-order valence-corrected chi connectivity index (χ4v) is 4.47. The van der Waals surface area contributed by atoms with Gasteiger partial charge in [0.1, 0.15) is 11.3 Å². The Hall–Kier alpha value is -3.72. The van der Waals surface area contributed by atoms with Crippen molar-refractivity contribution in [2.75, 3.05) is 31.6 Å². The van der Waals surface area contributed by atoms with Gasteiger partial charge in [-0.3, -0.25) is 9.59 Å². The lowest BCUT2D eigenvalue weighted by atomic mass is 10.1. The fourth-order valence-electron chi connectivity index (χ4n) is 4.47. The predicted octanol–water partition coefficient (Wildman–Crippen LogP) is 3.44. The van der Waals surface area contributed by atoms with Crippen LogP contribution in [0.2, 0.25) is 0 Å². The summed E-state index contributed by atoms with van der Waals surface area (Å²) in [6.45, 7) is 7.83. The summed E-state index contributed by atoms with van der Waals surface area (Å²) in [5.41, 5.74) is 5.53. The summed E-state index contributed by atoms with van der Waals surface area (Å²) >= 11 is 0.